The molecule has 4 aromatic rings. The molecular weight excluding hydrogens is 402 g/mol. The number of anilines is 1. The third-order valence-corrected chi connectivity index (χ3v) is 6.69. The highest BCUT2D eigenvalue weighted by molar-refractivity contribution is 7.19. The van der Waals surface area contributed by atoms with Crippen LogP contribution in [0.2, 0.25) is 0 Å². The molecule has 1 aliphatic carbocycles. The van der Waals surface area contributed by atoms with Gasteiger partial charge in [-0.1, -0.05) is 13.0 Å². The number of methoxy groups -OCH3 is 1. The fraction of sp³-hybridized carbons (Fsp3) is 0.333. The third kappa shape index (κ3) is 3.15. The topological polar surface area (TPSA) is 90.5 Å². The van der Waals surface area contributed by atoms with Crippen molar-refractivity contribution in [3.8, 4) is 5.75 Å². The summed E-state index contributed by atoms with van der Waals surface area (Å²) in [6.45, 7) is 2.08. The number of benzene rings is 1. The van der Waals surface area contributed by atoms with Crippen LogP contribution in [0.5, 0.6) is 5.75 Å². The Bertz CT molecular complexity index is 1340. The van der Waals surface area contributed by atoms with Gasteiger partial charge >= 0.3 is 5.69 Å². The molecule has 3 heterocycles. The van der Waals surface area contributed by atoms with E-state index in [0.29, 0.717) is 23.0 Å². The van der Waals surface area contributed by atoms with Crippen LogP contribution >= 0.6 is 11.3 Å². The molecule has 0 spiro atoms. The quantitative estimate of drug-likeness (QED) is 0.545. The minimum absolute atomic E-state index is 0.178. The van der Waals surface area contributed by atoms with Crippen LogP contribution in [-0.4, -0.2) is 32.2 Å². The molecule has 0 unspecified atom stereocenters. The van der Waals surface area contributed by atoms with Crippen LogP contribution in [0.25, 0.3) is 15.9 Å². The number of nitrogens with one attached hydrogen (secondary N) is 1. The van der Waals surface area contributed by atoms with Gasteiger partial charge in [0.25, 0.3) is 0 Å². The van der Waals surface area contributed by atoms with Crippen LogP contribution in [0, 0.1) is 5.92 Å². The van der Waals surface area contributed by atoms with Crippen LogP contribution in [0.1, 0.15) is 23.8 Å². The molecule has 30 heavy (non-hydrogen) atoms. The SMILES string of the molecule is COc1cccc(NC(=O)Cn2nc3c4c5c(sc4ncn3c2=O)C[C@H](C)CC5)c1. The molecule has 0 aliphatic heterocycles. The van der Waals surface area contributed by atoms with Gasteiger partial charge in [-0.2, -0.15) is 0 Å². The standard InChI is InChI=1S/C21H21N5O3S/c1-12-6-7-15-16(8-12)30-20-18(15)19-24-26(21(28)25(19)11-22-20)10-17(27)23-13-4-3-5-14(9-13)29-2/h3-5,9,11-12H,6-8,10H2,1-2H3,(H,23,27)/t12-/m1/s1. The molecule has 0 radical (unpaired) electrons. The van der Waals surface area contributed by atoms with Crippen molar-refractivity contribution in [3.63, 3.8) is 0 Å². The second kappa shape index (κ2) is 7.24. The average Bonchev–Trinajstić information content (AvgIpc) is 3.25. The molecule has 154 valence electrons. The molecule has 3 aromatic heterocycles. The summed E-state index contributed by atoms with van der Waals surface area (Å²) < 4.78 is 7.80. The second-order valence-electron chi connectivity index (χ2n) is 7.69. The van der Waals surface area contributed by atoms with Crippen molar-refractivity contribution in [3.05, 3.63) is 51.5 Å². The van der Waals surface area contributed by atoms with E-state index < -0.39 is 0 Å². The lowest BCUT2D eigenvalue weighted by molar-refractivity contribution is -0.117. The summed E-state index contributed by atoms with van der Waals surface area (Å²) in [5.74, 6) is 0.962. The molecule has 0 bridgehead atoms. The van der Waals surface area contributed by atoms with E-state index in [-0.39, 0.29) is 18.1 Å². The van der Waals surface area contributed by atoms with Gasteiger partial charge in [0.2, 0.25) is 5.91 Å². The molecule has 1 amide bonds. The van der Waals surface area contributed by atoms with Gasteiger partial charge in [-0.15, -0.1) is 16.4 Å². The fourth-order valence-electron chi connectivity index (χ4n) is 4.00. The number of hydrogen-bond acceptors (Lipinski definition) is 6. The maximum atomic E-state index is 12.8. The van der Waals surface area contributed by atoms with Crippen LogP contribution in [0.3, 0.4) is 0 Å². The Balaban J connectivity index is 1.49. The van der Waals surface area contributed by atoms with Crippen molar-refractivity contribution in [2.45, 2.75) is 32.7 Å². The van der Waals surface area contributed by atoms with Crippen molar-refractivity contribution in [2.75, 3.05) is 12.4 Å². The maximum absolute atomic E-state index is 12.8. The van der Waals surface area contributed by atoms with Crippen molar-refractivity contribution in [1.82, 2.24) is 19.2 Å². The summed E-state index contributed by atoms with van der Waals surface area (Å²) >= 11 is 1.69. The van der Waals surface area contributed by atoms with Gasteiger partial charge in [0.05, 0.1) is 12.5 Å². The van der Waals surface area contributed by atoms with E-state index in [0.717, 1.165) is 29.5 Å². The highest BCUT2D eigenvalue weighted by Gasteiger charge is 2.24. The van der Waals surface area contributed by atoms with Gasteiger partial charge < -0.3 is 10.1 Å². The van der Waals surface area contributed by atoms with Crippen LogP contribution in [0.15, 0.2) is 35.4 Å². The predicted octanol–water partition coefficient (Wildman–Crippen LogP) is 2.88. The lowest BCUT2D eigenvalue weighted by Crippen LogP contribution is -2.28. The summed E-state index contributed by atoms with van der Waals surface area (Å²) in [4.78, 5) is 32.1. The summed E-state index contributed by atoms with van der Waals surface area (Å²) in [6, 6.07) is 7.06. The molecule has 0 fully saturated rings. The molecule has 1 N–H and O–H groups in total. The first-order valence-electron chi connectivity index (χ1n) is 9.86. The molecule has 0 saturated carbocycles. The molecule has 9 heteroatoms. The van der Waals surface area contributed by atoms with E-state index in [1.54, 1.807) is 42.7 Å². The number of carbonyl (C=O) groups excluding carboxylic acids is 1. The predicted molar refractivity (Wildman–Crippen MR) is 115 cm³/mol. The first kappa shape index (κ1) is 18.8. The number of thiophene rings is 1. The Morgan fingerprint density at radius 2 is 2.27 bits per heavy atom. The number of fused-ring (bicyclic) bond motifs is 5. The van der Waals surface area contributed by atoms with Gasteiger partial charge in [0, 0.05) is 16.6 Å². The Labute approximate surface area is 176 Å². The van der Waals surface area contributed by atoms with Gasteiger partial charge in [0.1, 0.15) is 23.5 Å². The smallest absolute Gasteiger partial charge is 0.352 e. The summed E-state index contributed by atoms with van der Waals surface area (Å²) in [6.07, 6.45) is 4.63. The van der Waals surface area contributed by atoms with Gasteiger partial charge in [0.15, 0.2) is 5.65 Å². The van der Waals surface area contributed by atoms with Crippen LogP contribution < -0.4 is 15.7 Å². The van der Waals surface area contributed by atoms with Gasteiger partial charge in [-0.3, -0.25) is 4.79 Å². The van der Waals surface area contributed by atoms with E-state index in [1.165, 1.54) is 25.9 Å². The molecule has 8 nitrogen and oxygen atoms in total. The highest BCUT2D eigenvalue weighted by Crippen LogP contribution is 2.38. The Hall–Kier alpha value is -3.20. The summed E-state index contributed by atoms with van der Waals surface area (Å²) in [5.41, 5.74) is 2.06. The third-order valence-electron chi connectivity index (χ3n) is 5.52. The molecular formula is C21H21N5O3S. The number of ether oxygens (including phenoxy) is 1. The molecule has 1 aliphatic rings. The normalized spacial score (nSPS) is 16.0. The van der Waals surface area contributed by atoms with Gasteiger partial charge in [-0.05, 0) is 42.9 Å². The molecule has 0 saturated heterocycles. The Kier molecular flexibility index (Phi) is 4.54. The molecule has 5 rings (SSSR count). The lowest BCUT2D eigenvalue weighted by Gasteiger charge is -2.17. The van der Waals surface area contributed by atoms with E-state index in [9.17, 15) is 9.59 Å². The van der Waals surface area contributed by atoms with Crippen molar-refractivity contribution in [2.24, 2.45) is 5.92 Å². The zero-order valence-corrected chi connectivity index (χ0v) is 17.5. The second-order valence-corrected chi connectivity index (χ2v) is 8.77. The number of hydrogen-bond donors (Lipinski definition) is 1. The van der Waals surface area contributed by atoms with Crippen LogP contribution in [-0.2, 0) is 24.2 Å². The van der Waals surface area contributed by atoms with Gasteiger partial charge in [-0.25, -0.2) is 18.9 Å². The van der Waals surface area contributed by atoms with E-state index >= 15 is 0 Å². The number of nitrogens with zero attached hydrogens (tertiary/aromatic N) is 4. The number of amides is 1. The fourth-order valence-corrected chi connectivity index (χ4v) is 5.35. The van der Waals surface area contributed by atoms with Crippen molar-refractivity contribution in [1.29, 1.82) is 0 Å². The van der Waals surface area contributed by atoms with Crippen molar-refractivity contribution < 1.29 is 9.53 Å². The minimum Gasteiger partial charge on any atom is -0.497 e. The first-order valence-corrected chi connectivity index (χ1v) is 10.7. The highest BCUT2D eigenvalue weighted by atomic mass is 32.1. The van der Waals surface area contributed by atoms with Crippen LogP contribution in [0.4, 0.5) is 5.69 Å². The number of aromatic nitrogens is 4. The largest absolute Gasteiger partial charge is 0.497 e. The van der Waals surface area contributed by atoms with Crippen molar-refractivity contribution >= 4 is 38.8 Å². The Morgan fingerprint density at radius 1 is 1.40 bits per heavy atom. The van der Waals surface area contributed by atoms with E-state index in [2.05, 4.69) is 22.3 Å². The average molecular weight is 423 g/mol. The Morgan fingerprint density at radius 3 is 3.10 bits per heavy atom. The van der Waals surface area contributed by atoms with E-state index in [1.807, 2.05) is 0 Å². The summed E-state index contributed by atoms with van der Waals surface area (Å²) in [7, 11) is 1.57. The zero-order valence-electron chi connectivity index (χ0n) is 16.7. The summed E-state index contributed by atoms with van der Waals surface area (Å²) in [5, 5.41) is 8.24. The zero-order chi connectivity index (χ0) is 20.8. The minimum atomic E-state index is -0.371. The van der Waals surface area contributed by atoms with E-state index in [4.69, 9.17) is 4.74 Å². The lowest BCUT2D eigenvalue weighted by atomic mass is 9.89. The molecule has 1 aromatic carbocycles. The first-order chi connectivity index (χ1) is 14.5. The number of carbonyl (C=O) groups is 1. The number of rotatable bonds is 4. The molecule has 1 atom stereocenters. The monoisotopic (exact) mass is 423 g/mol. The maximum Gasteiger partial charge on any atom is 0.352 e. The number of aryl methyl sites for hydroxylation is 1.